The number of hydrogen-bond acceptors (Lipinski definition) is 9. The molecule has 0 radical (unpaired) electrons. The molecule has 0 aliphatic carbocycles. The van der Waals surface area contributed by atoms with Crippen molar-refractivity contribution < 1.29 is 0 Å². The maximum atomic E-state index is 4.59. The minimum Gasteiger partial charge on any atom is -0.324 e. The van der Waals surface area contributed by atoms with Gasteiger partial charge in [-0.3, -0.25) is 20.8 Å². The Hall–Kier alpha value is -4.66. The van der Waals surface area contributed by atoms with E-state index < -0.39 is 0 Å². The van der Waals surface area contributed by atoms with E-state index >= 15 is 0 Å². The lowest BCUT2D eigenvalue weighted by molar-refractivity contribution is 0.922. The Labute approximate surface area is 210 Å². The Bertz CT molecular complexity index is 1240. The number of rotatable bonds is 10. The zero-order valence-electron chi connectivity index (χ0n) is 20.6. The van der Waals surface area contributed by atoms with Gasteiger partial charge in [0.2, 0.25) is 5.95 Å². The number of anilines is 4. The van der Waals surface area contributed by atoms with Gasteiger partial charge in [0.15, 0.2) is 11.6 Å². The summed E-state index contributed by atoms with van der Waals surface area (Å²) in [6.45, 7) is 6.01. The molecule has 0 bridgehead atoms. The molecule has 0 aliphatic heterocycles. The zero-order chi connectivity index (χ0) is 25.2. The molecule has 3 heterocycles. The lowest BCUT2D eigenvalue weighted by atomic mass is 10.1. The van der Waals surface area contributed by atoms with Crippen LogP contribution in [0.25, 0.3) is 0 Å². The third-order valence-electron chi connectivity index (χ3n) is 5.35. The molecule has 9 nitrogen and oxygen atoms in total. The van der Waals surface area contributed by atoms with Gasteiger partial charge in [0, 0.05) is 47.7 Å². The number of hydrazone groups is 2. The van der Waals surface area contributed by atoms with Crippen molar-refractivity contribution in [2.75, 3.05) is 16.2 Å². The fraction of sp³-hybridized carbons (Fsp3) is 0.185. The molecule has 0 fully saturated rings. The Kier molecular flexibility index (Phi) is 8.27. The summed E-state index contributed by atoms with van der Waals surface area (Å²) >= 11 is 0. The van der Waals surface area contributed by atoms with Gasteiger partial charge in [-0.2, -0.15) is 20.2 Å². The van der Waals surface area contributed by atoms with E-state index in [4.69, 9.17) is 0 Å². The van der Waals surface area contributed by atoms with Crippen LogP contribution >= 0.6 is 0 Å². The molecule has 0 spiro atoms. The highest BCUT2D eigenvalue weighted by molar-refractivity contribution is 5.99. The molecule has 4 aromatic rings. The van der Waals surface area contributed by atoms with E-state index in [1.165, 1.54) is 5.56 Å². The molecule has 0 saturated heterocycles. The van der Waals surface area contributed by atoms with Crippen LogP contribution in [0, 0.1) is 0 Å². The van der Waals surface area contributed by atoms with Crippen molar-refractivity contribution in [3.8, 4) is 0 Å². The van der Waals surface area contributed by atoms with Crippen LogP contribution in [0.15, 0.2) is 89.6 Å². The molecular weight excluding hydrogens is 450 g/mol. The predicted molar refractivity (Wildman–Crippen MR) is 146 cm³/mol. The Morgan fingerprint density at radius 1 is 0.722 bits per heavy atom. The highest BCUT2D eigenvalue weighted by Crippen LogP contribution is 2.20. The fourth-order valence-electron chi connectivity index (χ4n) is 3.39. The van der Waals surface area contributed by atoms with Crippen LogP contribution in [0.4, 0.5) is 23.3 Å². The van der Waals surface area contributed by atoms with E-state index in [1.807, 2.05) is 50.2 Å². The van der Waals surface area contributed by atoms with Crippen LogP contribution in [0.1, 0.15) is 43.9 Å². The largest absolute Gasteiger partial charge is 0.324 e. The maximum absolute atomic E-state index is 4.59. The third-order valence-corrected chi connectivity index (χ3v) is 5.35. The average Bonchev–Trinajstić information content (AvgIpc) is 2.92. The van der Waals surface area contributed by atoms with Crippen molar-refractivity contribution in [1.82, 2.24) is 19.9 Å². The van der Waals surface area contributed by atoms with E-state index in [0.29, 0.717) is 17.6 Å². The number of aryl methyl sites for hydroxylation is 1. The van der Waals surface area contributed by atoms with Gasteiger partial charge in [-0.1, -0.05) is 25.5 Å². The van der Waals surface area contributed by atoms with Crippen molar-refractivity contribution in [3.63, 3.8) is 0 Å². The molecule has 0 saturated carbocycles. The van der Waals surface area contributed by atoms with Crippen LogP contribution < -0.4 is 16.2 Å². The molecule has 0 amide bonds. The van der Waals surface area contributed by atoms with Crippen LogP contribution in [0.2, 0.25) is 0 Å². The molecule has 9 heteroatoms. The van der Waals surface area contributed by atoms with E-state index in [1.54, 1.807) is 30.9 Å². The van der Waals surface area contributed by atoms with Crippen LogP contribution in [0.3, 0.4) is 0 Å². The smallest absolute Gasteiger partial charge is 0.231 e. The number of pyridine rings is 2. The molecule has 4 rings (SSSR count). The zero-order valence-corrected chi connectivity index (χ0v) is 20.6. The monoisotopic (exact) mass is 479 g/mol. The van der Waals surface area contributed by atoms with Gasteiger partial charge in [-0.25, -0.2) is 0 Å². The van der Waals surface area contributed by atoms with E-state index in [0.717, 1.165) is 41.1 Å². The average molecular weight is 480 g/mol. The first kappa shape index (κ1) is 24.5. The number of aromatic nitrogens is 4. The van der Waals surface area contributed by atoms with Gasteiger partial charge in [-0.05, 0) is 62.2 Å². The summed E-state index contributed by atoms with van der Waals surface area (Å²) in [5.74, 6) is 1.45. The Morgan fingerprint density at radius 2 is 1.22 bits per heavy atom. The minimum absolute atomic E-state index is 0.416. The topological polar surface area (TPSA) is 112 Å². The first-order chi connectivity index (χ1) is 17.6. The first-order valence-corrected chi connectivity index (χ1v) is 11.8. The highest BCUT2D eigenvalue weighted by atomic mass is 15.4. The van der Waals surface area contributed by atoms with E-state index in [9.17, 15) is 0 Å². The fourth-order valence-corrected chi connectivity index (χ4v) is 3.39. The number of benzene rings is 1. The molecule has 1 aromatic carbocycles. The summed E-state index contributed by atoms with van der Waals surface area (Å²) in [7, 11) is 0. The highest BCUT2D eigenvalue weighted by Gasteiger charge is 2.07. The molecular formula is C27H29N9. The van der Waals surface area contributed by atoms with Crippen molar-refractivity contribution >= 4 is 34.7 Å². The van der Waals surface area contributed by atoms with E-state index in [-0.39, 0.29) is 0 Å². The van der Waals surface area contributed by atoms with Gasteiger partial charge >= 0.3 is 0 Å². The van der Waals surface area contributed by atoms with Gasteiger partial charge in [0.1, 0.15) is 0 Å². The van der Waals surface area contributed by atoms with Crippen LogP contribution in [-0.2, 0) is 6.42 Å². The van der Waals surface area contributed by atoms with E-state index in [2.05, 4.69) is 65.4 Å². The summed E-state index contributed by atoms with van der Waals surface area (Å²) in [6.07, 6.45) is 9.09. The lowest BCUT2D eigenvalue weighted by Crippen LogP contribution is -2.06. The summed E-state index contributed by atoms with van der Waals surface area (Å²) < 4.78 is 0. The molecule has 0 aliphatic rings. The summed E-state index contributed by atoms with van der Waals surface area (Å²) in [5, 5.41) is 12.2. The second-order valence-electron chi connectivity index (χ2n) is 8.12. The lowest BCUT2D eigenvalue weighted by Gasteiger charge is -2.11. The number of nitrogens with one attached hydrogen (secondary N) is 3. The van der Waals surface area contributed by atoms with Crippen molar-refractivity contribution in [1.29, 1.82) is 0 Å². The standard InChI is InChI=1S/C27H29N9/c1-4-5-21-6-8-24(9-7-21)30-27-31-25(35-33-19(2)22-10-14-28-15-11-22)18-26(32-27)36-34-20(3)23-12-16-29-17-13-23/h6-18H,4-5H2,1-3H3,(H3,30,31,32,35,36). The summed E-state index contributed by atoms with van der Waals surface area (Å²) in [4.78, 5) is 17.3. The molecule has 3 N–H and O–H groups in total. The SMILES string of the molecule is CCCc1ccc(Nc2nc(NN=C(C)c3ccncc3)cc(NN=C(C)c3ccncc3)n2)cc1. The van der Waals surface area contributed by atoms with Gasteiger partial charge in [0.05, 0.1) is 11.4 Å². The van der Waals surface area contributed by atoms with Crippen LogP contribution in [0.5, 0.6) is 0 Å². The third kappa shape index (κ3) is 6.92. The molecule has 0 atom stereocenters. The Balaban J connectivity index is 1.58. The summed E-state index contributed by atoms with van der Waals surface area (Å²) in [6, 6.07) is 17.6. The summed E-state index contributed by atoms with van der Waals surface area (Å²) in [5.41, 5.74) is 11.8. The first-order valence-electron chi connectivity index (χ1n) is 11.8. The molecule has 0 unspecified atom stereocenters. The minimum atomic E-state index is 0.416. The predicted octanol–water partition coefficient (Wildman–Crippen LogP) is 5.63. The molecule has 36 heavy (non-hydrogen) atoms. The van der Waals surface area contributed by atoms with Gasteiger partial charge < -0.3 is 5.32 Å². The second kappa shape index (κ2) is 12.2. The number of hydrogen-bond donors (Lipinski definition) is 3. The van der Waals surface area contributed by atoms with Crippen molar-refractivity contribution in [2.24, 2.45) is 10.2 Å². The Morgan fingerprint density at radius 3 is 1.69 bits per heavy atom. The molecule has 182 valence electrons. The van der Waals surface area contributed by atoms with Gasteiger partial charge in [0.25, 0.3) is 0 Å². The quantitative estimate of drug-likeness (QED) is 0.199. The normalized spacial score (nSPS) is 11.8. The number of nitrogens with zero attached hydrogens (tertiary/aromatic N) is 6. The van der Waals surface area contributed by atoms with Crippen LogP contribution in [-0.4, -0.2) is 31.4 Å². The molecule has 3 aromatic heterocycles. The van der Waals surface area contributed by atoms with Gasteiger partial charge in [-0.15, -0.1) is 0 Å². The maximum Gasteiger partial charge on any atom is 0.231 e. The van der Waals surface area contributed by atoms with Crippen molar-refractivity contribution in [2.45, 2.75) is 33.6 Å². The second-order valence-corrected chi connectivity index (χ2v) is 8.12. The van der Waals surface area contributed by atoms with Crippen molar-refractivity contribution in [3.05, 3.63) is 96.1 Å².